The maximum absolute atomic E-state index is 13.5. The van der Waals surface area contributed by atoms with Gasteiger partial charge in [-0.3, -0.25) is 24.3 Å². The number of ether oxygens (including phenoxy) is 2. The van der Waals surface area contributed by atoms with Crippen molar-refractivity contribution in [2.75, 3.05) is 59.2 Å². The SMILES string of the molecule is O=C1CC(=O)N(C(CCN2CCOCC2)N2CCOCC2)C(=O)N1C1CCCCC1. The van der Waals surface area contributed by atoms with Crippen molar-refractivity contribution in [3.05, 3.63) is 0 Å². The molecule has 1 unspecified atom stereocenters. The van der Waals surface area contributed by atoms with Gasteiger partial charge in [-0.25, -0.2) is 9.69 Å². The summed E-state index contributed by atoms with van der Waals surface area (Å²) < 4.78 is 10.9. The van der Waals surface area contributed by atoms with Crippen molar-refractivity contribution < 1.29 is 23.9 Å². The van der Waals surface area contributed by atoms with Gasteiger partial charge < -0.3 is 9.47 Å². The lowest BCUT2D eigenvalue weighted by Gasteiger charge is -2.46. The van der Waals surface area contributed by atoms with Gasteiger partial charge in [-0.1, -0.05) is 19.3 Å². The van der Waals surface area contributed by atoms with Gasteiger partial charge in [0.05, 0.1) is 32.6 Å². The van der Waals surface area contributed by atoms with Crippen LogP contribution < -0.4 is 0 Å². The first-order valence-corrected chi connectivity index (χ1v) is 11.4. The molecule has 0 bridgehead atoms. The summed E-state index contributed by atoms with van der Waals surface area (Å²) in [4.78, 5) is 46.4. The Morgan fingerprint density at radius 1 is 0.833 bits per heavy atom. The van der Waals surface area contributed by atoms with Gasteiger partial charge in [-0.15, -0.1) is 0 Å². The van der Waals surface area contributed by atoms with Crippen LogP contribution in [0.1, 0.15) is 44.9 Å². The van der Waals surface area contributed by atoms with Crippen LogP contribution in [0.4, 0.5) is 4.79 Å². The Labute approximate surface area is 178 Å². The van der Waals surface area contributed by atoms with Crippen molar-refractivity contribution in [2.24, 2.45) is 0 Å². The monoisotopic (exact) mass is 422 g/mol. The van der Waals surface area contributed by atoms with E-state index in [1.807, 2.05) is 0 Å². The van der Waals surface area contributed by atoms with Crippen LogP contribution in [0.2, 0.25) is 0 Å². The molecule has 3 saturated heterocycles. The number of morpholine rings is 2. The minimum absolute atomic E-state index is 0.0704. The van der Waals surface area contributed by atoms with Gasteiger partial charge >= 0.3 is 6.03 Å². The first-order valence-electron chi connectivity index (χ1n) is 11.4. The van der Waals surface area contributed by atoms with Gasteiger partial charge in [0.15, 0.2) is 0 Å². The molecule has 30 heavy (non-hydrogen) atoms. The minimum Gasteiger partial charge on any atom is -0.379 e. The van der Waals surface area contributed by atoms with Crippen LogP contribution in [-0.4, -0.2) is 109 Å². The van der Waals surface area contributed by atoms with Crippen LogP contribution in [0.3, 0.4) is 0 Å². The summed E-state index contributed by atoms with van der Waals surface area (Å²) in [7, 11) is 0. The second-order valence-electron chi connectivity index (χ2n) is 8.65. The number of rotatable bonds is 6. The molecule has 4 amide bonds. The maximum Gasteiger partial charge on any atom is 0.335 e. The van der Waals surface area contributed by atoms with E-state index in [2.05, 4.69) is 9.80 Å². The Hall–Kier alpha value is -1.55. The summed E-state index contributed by atoms with van der Waals surface area (Å²) in [6.45, 7) is 6.51. The highest BCUT2D eigenvalue weighted by Gasteiger charge is 2.46. The summed E-state index contributed by atoms with van der Waals surface area (Å²) in [5, 5.41) is 0. The number of carbonyl (C=O) groups is 3. The fraction of sp³-hybridized carbons (Fsp3) is 0.857. The molecule has 4 aliphatic rings. The number of urea groups is 1. The number of barbiturate groups is 1. The van der Waals surface area contributed by atoms with E-state index in [1.165, 1.54) is 9.80 Å². The topological polar surface area (TPSA) is 82.6 Å². The summed E-state index contributed by atoms with van der Waals surface area (Å²) in [6, 6.07) is -0.486. The van der Waals surface area contributed by atoms with Crippen LogP contribution in [-0.2, 0) is 19.1 Å². The highest BCUT2D eigenvalue weighted by atomic mass is 16.5. The molecule has 9 heteroatoms. The zero-order valence-corrected chi connectivity index (χ0v) is 17.8. The third kappa shape index (κ3) is 4.85. The average Bonchev–Trinajstić information content (AvgIpc) is 2.78. The summed E-state index contributed by atoms with van der Waals surface area (Å²) in [5.74, 6) is -0.697. The quantitative estimate of drug-likeness (QED) is 0.588. The Morgan fingerprint density at radius 2 is 1.47 bits per heavy atom. The molecule has 1 saturated carbocycles. The highest BCUT2D eigenvalue weighted by Crippen LogP contribution is 2.29. The number of nitrogens with zero attached hydrogens (tertiary/aromatic N) is 4. The Morgan fingerprint density at radius 3 is 2.13 bits per heavy atom. The van der Waals surface area contributed by atoms with Crippen molar-refractivity contribution in [3.63, 3.8) is 0 Å². The molecule has 9 nitrogen and oxygen atoms in total. The normalized spacial score (nSPS) is 27.0. The molecule has 0 aromatic rings. The van der Waals surface area contributed by atoms with Crippen LogP contribution in [0, 0.1) is 0 Å². The largest absolute Gasteiger partial charge is 0.379 e. The summed E-state index contributed by atoms with van der Waals surface area (Å²) in [5.41, 5.74) is 0. The first-order chi connectivity index (χ1) is 14.6. The van der Waals surface area contributed by atoms with E-state index < -0.39 is 6.03 Å². The molecular formula is C21H34N4O5. The Kier molecular flexibility index (Phi) is 7.35. The van der Waals surface area contributed by atoms with Crippen molar-refractivity contribution in [3.8, 4) is 0 Å². The number of imide groups is 2. The predicted molar refractivity (Wildman–Crippen MR) is 109 cm³/mol. The zero-order valence-electron chi connectivity index (χ0n) is 17.8. The van der Waals surface area contributed by atoms with Crippen LogP contribution in [0.5, 0.6) is 0 Å². The molecule has 0 N–H and O–H groups in total. The second kappa shape index (κ2) is 10.2. The van der Waals surface area contributed by atoms with E-state index in [0.29, 0.717) is 45.9 Å². The lowest BCUT2D eigenvalue weighted by Crippen LogP contribution is -2.65. The smallest absolute Gasteiger partial charge is 0.335 e. The average molecular weight is 423 g/mol. The highest BCUT2D eigenvalue weighted by molar-refractivity contribution is 6.14. The standard InChI is InChI=1S/C21H34N4O5/c26-19-16-20(27)25(21(28)24(19)17-4-2-1-3-5-17)18(23-10-14-30-15-11-23)6-7-22-8-12-29-13-9-22/h17-18H,1-16H2. The molecule has 1 atom stereocenters. The lowest BCUT2D eigenvalue weighted by molar-refractivity contribution is -0.150. The van der Waals surface area contributed by atoms with Crippen LogP contribution >= 0.6 is 0 Å². The van der Waals surface area contributed by atoms with E-state index in [1.54, 1.807) is 0 Å². The molecule has 4 rings (SSSR count). The molecule has 3 heterocycles. The molecule has 168 valence electrons. The van der Waals surface area contributed by atoms with Gasteiger partial charge in [0, 0.05) is 38.8 Å². The molecule has 0 aromatic heterocycles. The molecule has 0 radical (unpaired) electrons. The molecule has 3 aliphatic heterocycles. The Balaban J connectivity index is 1.52. The number of hydrogen-bond donors (Lipinski definition) is 0. The van der Waals surface area contributed by atoms with Crippen molar-refractivity contribution in [1.82, 2.24) is 19.6 Å². The van der Waals surface area contributed by atoms with E-state index in [9.17, 15) is 14.4 Å². The third-order valence-electron chi connectivity index (χ3n) is 6.76. The fourth-order valence-corrected chi connectivity index (χ4v) is 5.10. The molecule has 4 fully saturated rings. The van der Waals surface area contributed by atoms with Gasteiger partial charge in [0.1, 0.15) is 6.42 Å². The molecule has 0 spiro atoms. The van der Waals surface area contributed by atoms with Crippen LogP contribution in [0.15, 0.2) is 0 Å². The zero-order chi connectivity index (χ0) is 20.9. The number of carbonyl (C=O) groups excluding carboxylic acids is 3. The molecule has 1 aliphatic carbocycles. The van der Waals surface area contributed by atoms with E-state index >= 15 is 0 Å². The lowest BCUT2D eigenvalue weighted by atomic mass is 9.93. The molecular weight excluding hydrogens is 388 g/mol. The summed E-state index contributed by atoms with van der Waals surface area (Å²) >= 11 is 0. The maximum atomic E-state index is 13.5. The fourth-order valence-electron chi connectivity index (χ4n) is 5.10. The predicted octanol–water partition coefficient (Wildman–Crippen LogP) is 0.881. The second-order valence-corrected chi connectivity index (χ2v) is 8.65. The van der Waals surface area contributed by atoms with E-state index in [4.69, 9.17) is 9.47 Å². The van der Waals surface area contributed by atoms with E-state index in [0.717, 1.165) is 51.7 Å². The molecule has 0 aromatic carbocycles. The van der Waals surface area contributed by atoms with Gasteiger partial charge in [-0.2, -0.15) is 0 Å². The number of hydrogen-bond acceptors (Lipinski definition) is 7. The number of amides is 4. The van der Waals surface area contributed by atoms with Gasteiger partial charge in [0.25, 0.3) is 0 Å². The summed E-state index contributed by atoms with van der Waals surface area (Å²) in [6.07, 6.45) is 5.01. The first kappa shape index (κ1) is 21.7. The van der Waals surface area contributed by atoms with Gasteiger partial charge in [-0.05, 0) is 19.3 Å². The van der Waals surface area contributed by atoms with Crippen molar-refractivity contribution in [1.29, 1.82) is 0 Å². The Bertz CT molecular complexity index is 627. The van der Waals surface area contributed by atoms with Crippen molar-refractivity contribution in [2.45, 2.75) is 57.2 Å². The minimum atomic E-state index is -0.415. The van der Waals surface area contributed by atoms with Crippen molar-refractivity contribution >= 4 is 17.8 Å². The van der Waals surface area contributed by atoms with E-state index in [-0.39, 0.29) is 30.4 Å². The third-order valence-corrected chi connectivity index (χ3v) is 6.76. The van der Waals surface area contributed by atoms with Gasteiger partial charge in [0.2, 0.25) is 11.8 Å². The van der Waals surface area contributed by atoms with Crippen LogP contribution in [0.25, 0.3) is 0 Å².